The van der Waals surface area contributed by atoms with E-state index in [4.69, 9.17) is 9.47 Å². The number of benzene rings is 1. The Balaban J connectivity index is 1.59. The molecule has 108 valence electrons. The van der Waals surface area contributed by atoms with Crippen LogP contribution in [-0.4, -0.2) is 38.8 Å². The normalized spacial score (nSPS) is 18.6. The molecule has 0 aliphatic carbocycles. The van der Waals surface area contributed by atoms with Crippen LogP contribution in [0.2, 0.25) is 0 Å². The fraction of sp³-hybridized carbons (Fsp3) is 0.533. The van der Waals surface area contributed by atoms with Crippen molar-refractivity contribution < 1.29 is 14.3 Å². The second-order valence-electron chi connectivity index (χ2n) is 5.26. The number of carbonyl (C=O) groups is 1. The van der Waals surface area contributed by atoms with Gasteiger partial charge in [-0.25, -0.2) is 0 Å². The predicted molar refractivity (Wildman–Crippen MR) is 75.4 cm³/mol. The van der Waals surface area contributed by atoms with E-state index in [0.717, 1.165) is 32.5 Å². The summed E-state index contributed by atoms with van der Waals surface area (Å²) in [6, 6.07) is 5.34. The maximum absolute atomic E-state index is 12.2. The quantitative estimate of drug-likeness (QED) is 0.870. The van der Waals surface area contributed by atoms with Crippen LogP contribution in [0, 0.1) is 5.92 Å². The highest BCUT2D eigenvalue weighted by atomic mass is 16.6. The van der Waals surface area contributed by atoms with Gasteiger partial charge < -0.3 is 20.1 Å². The van der Waals surface area contributed by atoms with Gasteiger partial charge in [0.15, 0.2) is 11.5 Å². The second kappa shape index (κ2) is 6.13. The lowest BCUT2D eigenvalue weighted by molar-refractivity contribution is 0.0943. The van der Waals surface area contributed by atoms with Gasteiger partial charge in [-0.1, -0.05) is 0 Å². The van der Waals surface area contributed by atoms with E-state index in [9.17, 15) is 4.79 Å². The SMILES string of the molecule is O=C(NCC1CCNCC1)c1ccc2c(c1)OCCO2. The number of ether oxygens (including phenoxy) is 2. The van der Waals surface area contributed by atoms with Crippen molar-refractivity contribution in [3.63, 3.8) is 0 Å². The van der Waals surface area contributed by atoms with Crippen molar-refractivity contribution in [3.05, 3.63) is 23.8 Å². The van der Waals surface area contributed by atoms with Gasteiger partial charge in [0.25, 0.3) is 5.91 Å². The molecule has 2 aliphatic rings. The molecule has 0 bridgehead atoms. The van der Waals surface area contributed by atoms with Crippen LogP contribution in [0.4, 0.5) is 0 Å². The van der Waals surface area contributed by atoms with Gasteiger partial charge in [0.1, 0.15) is 13.2 Å². The van der Waals surface area contributed by atoms with Crippen LogP contribution in [0.1, 0.15) is 23.2 Å². The third kappa shape index (κ3) is 3.04. The van der Waals surface area contributed by atoms with Crippen molar-refractivity contribution in [2.75, 3.05) is 32.8 Å². The first-order valence-electron chi connectivity index (χ1n) is 7.21. The van der Waals surface area contributed by atoms with Crippen LogP contribution in [0.25, 0.3) is 0 Å². The van der Waals surface area contributed by atoms with Crippen LogP contribution in [-0.2, 0) is 0 Å². The smallest absolute Gasteiger partial charge is 0.251 e. The fourth-order valence-electron chi connectivity index (χ4n) is 2.61. The first-order valence-corrected chi connectivity index (χ1v) is 7.21. The van der Waals surface area contributed by atoms with Gasteiger partial charge in [-0.05, 0) is 50.0 Å². The number of hydrogen-bond donors (Lipinski definition) is 2. The van der Waals surface area contributed by atoms with E-state index in [2.05, 4.69) is 10.6 Å². The Hall–Kier alpha value is -1.75. The molecule has 2 heterocycles. The number of piperidine rings is 1. The lowest BCUT2D eigenvalue weighted by Crippen LogP contribution is -2.36. The summed E-state index contributed by atoms with van der Waals surface area (Å²) in [6.07, 6.45) is 2.25. The molecule has 1 fully saturated rings. The van der Waals surface area contributed by atoms with Crippen molar-refractivity contribution >= 4 is 5.91 Å². The highest BCUT2D eigenvalue weighted by Crippen LogP contribution is 2.30. The zero-order chi connectivity index (χ0) is 13.8. The summed E-state index contributed by atoms with van der Waals surface area (Å²) in [5.74, 6) is 1.91. The molecule has 0 spiro atoms. The number of hydrogen-bond acceptors (Lipinski definition) is 4. The molecule has 0 atom stereocenters. The van der Waals surface area contributed by atoms with Gasteiger partial charge in [-0.3, -0.25) is 4.79 Å². The summed E-state index contributed by atoms with van der Waals surface area (Å²) in [7, 11) is 0. The molecule has 3 rings (SSSR count). The minimum Gasteiger partial charge on any atom is -0.486 e. The molecule has 0 saturated carbocycles. The molecule has 2 aliphatic heterocycles. The van der Waals surface area contributed by atoms with Crippen LogP contribution in [0.5, 0.6) is 11.5 Å². The first kappa shape index (κ1) is 13.2. The standard InChI is InChI=1S/C15H20N2O3/c18-15(17-10-11-3-5-16-6-4-11)12-1-2-13-14(9-12)20-8-7-19-13/h1-2,9,11,16H,3-8,10H2,(H,17,18). The van der Waals surface area contributed by atoms with E-state index in [0.29, 0.717) is 36.2 Å². The monoisotopic (exact) mass is 276 g/mol. The number of amides is 1. The maximum Gasteiger partial charge on any atom is 0.251 e. The number of nitrogens with one attached hydrogen (secondary N) is 2. The molecule has 0 radical (unpaired) electrons. The Bertz CT molecular complexity index is 484. The molecule has 1 amide bonds. The largest absolute Gasteiger partial charge is 0.486 e. The van der Waals surface area contributed by atoms with Crippen LogP contribution >= 0.6 is 0 Å². The predicted octanol–water partition coefficient (Wildman–Crippen LogP) is 1.19. The number of rotatable bonds is 3. The molecule has 1 aromatic carbocycles. The zero-order valence-corrected chi connectivity index (χ0v) is 11.5. The van der Waals surface area contributed by atoms with Gasteiger partial charge in [-0.15, -0.1) is 0 Å². The topological polar surface area (TPSA) is 59.6 Å². The zero-order valence-electron chi connectivity index (χ0n) is 11.5. The first-order chi connectivity index (χ1) is 9.83. The lowest BCUT2D eigenvalue weighted by atomic mass is 9.98. The Morgan fingerprint density at radius 3 is 2.75 bits per heavy atom. The van der Waals surface area contributed by atoms with Gasteiger partial charge in [0.2, 0.25) is 0 Å². The van der Waals surface area contributed by atoms with Crippen molar-refractivity contribution in [1.29, 1.82) is 0 Å². The lowest BCUT2D eigenvalue weighted by Gasteiger charge is -2.23. The average molecular weight is 276 g/mol. The maximum atomic E-state index is 12.2. The molecule has 5 nitrogen and oxygen atoms in total. The van der Waals surface area contributed by atoms with Crippen LogP contribution in [0.15, 0.2) is 18.2 Å². The summed E-state index contributed by atoms with van der Waals surface area (Å²) in [6.45, 7) is 3.94. The summed E-state index contributed by atoms with van der Waals surface area (Å²) in [5, 5.41) is 6.34. The summed E-state index contributed by atoms with van der Waals surface area (Å²) < 4.78 is 10.9. The van der Waals surface area contributed by atoms with E-state index in [-0.39, 0.29) is 5.91 Å². The van der Waals surface area contributed by atoms with Crippen molar-refractivity contribution in [2.45, 2.75) is 12.8 Å². The molecular weight excluding hydrogens is 256 g/mol. The van der Waals surface area contributed by atoms with E-state index >= 15 is 0 Å². The summed E-state index contributed by atoms with van der Waals surface area (Å²) >= 11 is 0. The van der Waals surface area contributed by atoms with E-state index < -0.39 is 0 Å². The van der Waals surface area contributed by atoms with Crippen LogP contribution in [0.3, 0.4) is 0 Å². The molecule has 2 N–H and O–H groups in total. The summed E-state index contributed by atoms with van der Waals surface area (Å²) in [5.41, 5.74) is 0.628. The van der Waals surface area contributed by atoms with Crippen molar-refractivity contribution in [1.82, 2.24) is 10.6 Å². The van der Waals surface area contributed by atoms with Gasteiger partial charge in [-0.2, -0.15) is 0 Å². The Morgan fingerprint density at radius 1 is 1.20 bits per heavy atom. The third-order valence-electron chi connectivity index (χ3n) is 3.81. The van der Waals surface area contributed by atoms with Gasteiger partial charge in [0.05, 0.1) is 0 Å². The van der Waals surface area contributed by atoms with E-state index in [1.54, 1.807) is 18.2 Å². The van der Waals surface area contributed by atoms with Crippen molar-refractivity contribution in [3.8, 4) is 11.5 Å². The molecular formula is C15H20N2O3. The second-order valence-corrected chi connectivity index (χ2v) is 5.26. The Kier molecular flexibility index (Phi) is 4.06. The average Bonchev–Trinajstić information content (AvgIpc) is 2.53. The highest BCUT2D eigenvalue weighted by molar-refractivity contribution is 5.94. The Labute approximate surface area is 118 Å². The highest BCUT2D eigenvalue weighted by Gasteiger charge is 2.17. The van der Waals surface area contributed by atoms with Crippen LogP contribution < -0.4 is 20.1 Å². The van der Waals surface area contributed by atoms with E-state index in [1.165, 1.54) is 0 Å². The number of fused-ring (bicyclic) bond motifs is 1. The minimum absolute atomic E-state index is 0.0412. The van der Waals surface area contributed by atoms with Gasteiger partial charge >= 0.3 is 0 Å². The Morgan fingerprint density at radius 2 is 1.95 bits per heavy atom. The third-order valence-corrected chi connectivity index (χ3v) is 3.81. The van der Waals surface area contributed by atoms with Gasteiger partial charge in [0, 0.05) is 12.1 Å². The molecule has 1 aromatic rings. The molecule has 5 heteroatoms. The number of carbonyl (C=O) groups excluding carboxylic acids is 1. The minimum atomic E-state index is -0.0412. The fourth-order valence-corrected chi connectivity index (χ4v) is 2.61. The molecule has 0 aromatic heterocycles. The molecule has 20 heavy (non-hydrogen) atoms. The summed E-state index contributed by atoms with van der Waals surface area (Å²) in [4.78, 5) is 12.2. The molecule has 1 saturated heterocycles. The van der Waals surface area contributed by atoms with E-state index in [1.807, 2.05) is 0 Å². The van der Waals surface area contributed by atoms with Crippen molar-refractivity contribution in [2.24, 2.45) is 5.92 Å². The molecule has 0 unspecified atom stereocenters.